The van der Waals surface area contributed by atoms with Crippen LogP contribution in [0.4, 0.5) is 10.1 Å². The van der Waals surface area contributed by atoms with Crippen molar-refractivity contribution in [1.82, 2.24) is 5.32 Å². The Kier molecular flexibility index (Phi) is 6.48. The Balaban J connectivity index is 1.60. The number of rotatable bonds is 5. The summed E-state index contributed by atoms with van der Waals surface area (Å²) in [5, 5.41) is 18.9. The first-order valence-electron chi connectivity index (χ1n) is 9.84. The van der Waals surface area contributed by atoms with Gasteiger partial charge in [0, 0.05) is 16.6 Å². The summed E-state index contributed by atoms with van der Waals surface area (Å²) in [7, 11) is 0. The normalized spacial score (nSPS) is 11.5. The standard InChI is InChI=1S/C25H21BrFN3O/c26-20-12-13-22(27)19(14-20)16-29-25(30-23-10-3-4-11-24(23)31)28-15-18-8-5-7-17-6-1-2-9-21(17)18/h1-14,31H,15-16H2,(H2,28,29,30). The monoisotopic (exact) mass is 477 g/mol. The lowest BCUT2D eigenvalue weighted by Crippen LogP contribution is -2.30. The summed E-state index contributed by atoms with van der Waals surface area (Å²) in [6, 6.07) is 26.0. The number of benzene rings is 4. The minimum atomic E-state index is -0.317. The highest BCUT2D eigenvalue weighted by Gasteiger charge is 2.08. The van der Waals surface area contributed by atoms with Crippen LogP contribution in [0.2, 0.25) is 0 Å². The average Bonchev–Trinajstić information content (AvgIpc) is 2.79. The number of nitrogens with one attached hydrogen (secondary N) is 2. The van der Waals surface area contributed by atoms with Crippen LogP contribution < -0.4 is 10.6 Å². The van der Waals surface area contributed by atoms with Gasteiger partial charge >= 0.3 is 0 Å². The minimum Gasteiger partial charge on any atom is -0.506 e. The zero-order valence-corrected chi connectivity index (χ0v) is 18.2. The molecule has 0 saturated heterocycles. The summed E-state index contributed by atoms with van der Waals surface area (Å²) < 4.78 is 15.0. The summed E-state index contributed by atoms with van der Waals surface area (Å²) >= 11 is 3.37. The highest BCUT2D eigenvalue weighted by Crippen LogP contribution is 2.22. The molecule has 4 nitrogen and oxygen atoms in total. The lowest BCUT2D eigenvalue weighted by molar-refractivity contribution is 0.478. The minimum absolute atomic E-state index is 0.107. The predicted molar refractivity (Wildman–Crippen MR) is 128 cm³/mol. The van der Waals surface area contributed by atoms with E-state index in [9.17, 15) is 9.50 Å². The van der Waals surface area contributed by atoms with Crippen LogP contribution in [-0.4, -0.2) is 11.1 Å². The third kappa shape index (κ3) is 5.22. The molecule has 0 unspecified atom stereocenters. The number of fused-ring (bicyclic) bond motifs is 1. The van der Waals surface area contributed by atoms with Crippen molar-refractivity contribution in [2.45, 2.75) is 13.1 Å². The van der Waals surface area contributed by atoms with Crippen molar-refractivity contribution >= 4 is 38.3 Å². The Hall–Kier alpha value is -3.38. The first-order chi connectivity index (χ1) is 15.1. The van der Waals surface area contributed by atoms with Gasteiger partial charge in [-0.3, -0.25) is 0 Å². The molecule has 3 N–H and O–H groups in total. The number of nitrogens with zero attached hydrogens (tertiary/aromatic N) is 1. The van der Waals surface area contributed by atoms with E-state index in [1.165, 1.54) is 6.07 Å². The van der Waals surface area contributed by atoms with Crippen molar-refractivity contribution in [3.8, 4) is 5.75 Å². The fourth-order valence-corrected chi connectivity index (χ4v) is 3.71. The van der Waals surface area contributed by atoms with Crippen LogP contribution in [0.15, 0.2) is 94.4 Å². The topological polar surface area (TPSA) is 56.6 Å². The van der Waals surface area contributed by atoms with Crippen LogP contribution in [0.1, 0.15) is 11.1 Å². The van der Waals surface area contributed by atoms with E-state index in [2.05, 4.69) is 55.8 Å². The highest BCUT2D eigenvalue weighted by atomic mass is 79.9. The lowest BCUT2D eigenvalue weighted by Gasteiger charge is -2.15. The third-order valence-electron chi connectivity index (χ3n) is 4.90. The smallest absolute Gasteiger partial charge is 0.196 e. The molecule has 0 aliphatic heterocycles. The van der Waals surface area contributed by atoms with Crippen LogP contribution >= 0.6 is 15.9 Å². The van der Waals surface area contributed by atoms with Crippen molar-refractivity contribution in [2.75, 3.05) is 5.32 Å². The quantitative estimate of drug-likeness (QED) is 0.182. The molecule has 0 aliphatic rings. The van der Waals surface area contributed by atoms with Gasteiger partial charge in [0.05, 0.1) is 12.2 Å². The zero-order valence-electron chi connectivity index (χ0n) is 16.6. The van der Waals surface area contributed by atoms with Crippen LogP contribution in [0.25, 0.3) is 10.8 Å². The van der Waals surface area contributed by atoms with Gasteiger partial charge in [0.2, 0.25) is 0 Å². The van der Waals surface area contributed by atoms with Gasteiger partial charge < -0.3 is 15.7 Å². The second-order valence-electron chi connectivity index (χ2n) is 7.03. The molecule has 0 heterocycles. The molecule has 0 radical (unpaired) electrons. The number of aromatic hydroxyl groups is 1. The number of guanidine groups is 1. The van der Waals surface area contributed by atoms with Crippen molar-refractivity contribution in [2.24, 2.45) is 4.99 Å². The Morgan fingerprint density at radius 2 is 1.68 bits per heavy atom. The number of phenolic OH excluding ortho intramolecular Hbond substituents is 1. The molecular weight excluding hydrogens is 457 g/mol. The van der Waals surface area contributed by atoms with Gasteiger partial charge in [0.1, 0.15) is 11.6 Å². The maximum absolute atomic E-state index is 14.2. The van der Waals surface area contributed by atoms with Crippen molar-refractivity contribution in [3.63, 3.8) is 0 Å². The first kappa shape index (κ1) is 20.9. The Morgan fingerprint density at radius 1 is 0.903 bits per heavy atom. The van der Waals surface area contributed by atoms with Crippen molar-refractivity contribution in [3.05, 3.63) is 106 Å². The molecule has 4 aromatic rings. The van der Waals surface area contributed by atoms with E-state index in [1.807, 2.05) is 24.3 Å². The van der Waals surface area contributed by atoms with Crippen LogP contribution in [0.5, 0.6) is 5.75 Å². The number of para-hydroxylation sites is 2. The molecule has 31 heavy (non-hydrogen) atoms. The molecule has 4 aromatic carbocycles. The number of anilines is 1. The van der Waals surface area contributed by atoms with E-state index in [4.69, 9.17) is 0 Å². The molecule has 0 bridgehead atoms. The fourth-order valence-electron chi connectivity index (χ4n) is 3.30. The second-order valence-corrected chi connectivity index (χ2v) is 7.95. The van der Waals surface area contributed by atoms with Gasteiger partial charge in [-0.15, -0.1) is 0 Å². The molecule has 4 rings (SSSR count). The number of hydrogen-bond donors (Lipinski definition) is 3. The molecule has 156 valence electrons. The summed E-state index contributed by atoms with van der Waals surface area (Å²) in [6.45, 7) is 0.658. The van der Waals surface area contributed by atoms with Gasteiger partial charge in [-0.1, -0.05) is 70.5 Å². The molecule has 0 spiro atoms. The summed E-state index contributed by atoms with van der Waals surface area (Å²) in [4.78, 5) is 4.55. The summed E-state index contributed by atoms with van der Waals surface area (Å²) in [5.41, 5.74) is 2.10. The number of hydrogen-bond acceptors (Lipinski definition) is 2. The second kappa shape index (κ2) is 9.62. The van der Waals surface area contributed by atoms with Crippen LogP contribution in [-0.2, 0) is 13.1 Å². The lowest BCUT2D eigenvalue weighted by atomic mass is 10.0. The fraction of sp³-hybridized carbons (Fsp3) is 0.0800. The van der Waals surface area contributed by atoms with Gasteiger partial charge in [-0.2, -0.15) is 0 Å². The Bertz CT molecular complexity index is 1240. The maximum Gasteiger partial charge on any atom is 0.196 e. The molecule has 0 saturated carbocycles. The van der Waals surface area contributed by atoms with E-state index in [-0.39, 0.29) is 18.1 Å². The molecular formula is C25H21BrFN3O. The largest absolute Gasteiger partial charge is 0.506 e. The highest BCUT2D eigenvalue weighted by molar-refractivity contribution is 9.10. The average molecular weight is 478 g/mol. The molecule has 6 heteroatoms. The van der Waals surface area contributed by atoms with E-state index < -0.39 is 0 Å². The van der Waals surface area contributed by atoms with Gasteiger partial charge in [-0.25, -0.2) is 9.38 Å². The number of halogens is 2. The molecule has 0 atom stereocenters. The molecule has 0 aromatic heterocycles. The van der Waals surface area contributed by atoms with Crippen LogP contribution in [0, 0.1) is 5.82 Å². The van der Waals surface area contributed by atoms with E-state index in [0.29, 0.717) is 23.8 Å². The van der Waals surface area contributed by atoms with E-state index in [0.717, 1.165) is 20.8 Å². The maximum atomic E-state index is 14.2. The van der Waals surface area contributed by atoms with Gasteiger partial charge in [0.15, 0.2) is 5.96 Å². The third-order valence-corrected chi connectivity index (χ3v) is 5.39. The molecule has 0 amide bonds. The summed E-state index contributed by atoms with van der Waals surface area (Å²) in [5.74, 6) is 0.229. The predicted octanol–water partition coefficient (Wildman–Crippen LogP) is 6.20. The number of aliphatic imine (C=N–C) groups is 1. The van der Waals surface area contributed by atoms with Gasteiger partial charge in [0.25, 0.3) is 0 Å². The summed E-state index contributed by atoms with van der Waals surface area (Å²) in [6.07, 6.45) is 0. The van der Waals surface area contributed by atoms with Crippen molar-refractivity contribution < 1.29 is 9.50 Å². The van der Waals surface area contributed by atoms with E-state index in [1.54, 1.807) is 30.3 Å². The molecule has 0 aliphatic carbocycles. The van der Waals surface area contributed by atoms with E-state index >= 15 is 0 Å². The number of phenols is 1. The van der Waals surface area contributed by atoms with Gasteiger partial charge in [-0.05, 0) is 46.7 Å². The molecule has 0 fully saturated rings. The first-order valence-corrected chi connectivity index (χ1v) is 10.6. The zero-order chi connectivity index (χ0) is 21.6. The van der Waals surface area contributed by atoms with Crippen molar-refractivity contribution in [1.29, 1.82) is 0 Å². The van der Waals surface area contributed by atoms with Crippen LogP contribution in [0.3, 0.4) is 0 Å². The SMILES string of the molecule is Oc1ccccc1NC(=NCc1cc(Br)ccc1F)NCc1cccc2ccccc12. The Morgan fingerprint density at radius 3 is 2.55 bits per heavy atom. The Labute approximate surface area is 188 Å².